The minimum atomic E-state index is -0.844. The number of likely N-dealkylation sites (tertiary alicyclic amines) is 1. The molecule has 2 atom stereocenters. The number of carbonyl (C=O) groups excluding carboxylic acids is 3. The fourth-order valence-electron chi connectivity index (χ4n) is 4.10. The highest BCUT2D eigenvalue weighted by Crippen LogP contribution is 2.36. The van der Waals surface area contributed by atoms with Crippen molar-refractivity contribution in [1.29, 1.82) is 0 Å². The summed E-state index contributed by atoms with van der Waals surface area (Å²) >= 11 is 0. The van der Waals surface area contributed by atoms with Crippen LogP contribution < -0.4 is 5.32 Å². The molecule has 0 saturated carbocycles. The molecular formula is C23H24FN3O4. The third-order valence-corrected chi connectivity index (χ3v) is 5.56. The topological polar surface area (TPSA) is 79.0 Å². The Kier molecular flexibility index (Phi) is 5.88. The summed E-state index contributed by atoms with van der Waals surface area (Å²) in [5.41, 5.74) is 1.88. The van der Waals surface area contributed by atoms with E-state index >= 15 is 0 Å². The van der Waals surface area contributed by atoms with Crippen molar-refractivity contribution < 1.29 is 23.5 Å². The summed E-state index contributed by atoms with van der Waals surface area (Å²) in [7, 11) is 0. The van der Waals surface area contributed by atoms with Gasteiger partial charge in [0.15, 0.2) is 12.1 Å². The van der Waals surface area contributed by atoms with E-state index in [0.717, 1.165) is 12.8 Å². The zero-order valence-corrected chi connectivity index (χ0v) is 17.2. The van der Waals surface area contributed by atoms with Gasteiger partial charge in [-0.2, -0.15) is 0 Å². The van der Waals surface area contributed by atoms with E-state index in [2.05, 4.69) is 5.32 Å². The van der Waals surface area contributed by atoms with Crippen molar-refractivity contribution in [3.05, 3.63) is 65.5 Å². The Hall–Kier alpha value is -3.42. The van der Waals surface area contributed by atoms with E-state index in [1.165, 1.54) is 24.0 Å². The number of nitrogens with zero attached hydrogens (tertiary/aromatic N) is 2. The van der Waals surface area contributed by atoms with E-state index in [1.807, 2.05) is 0 Å². The Morgan fingerprint density at radius 3 is 2.52 bits per heavy atom. The maximum atomic E-state index is 13.4. The Bertz CT molecular complexity index is 989. The number of benzene rings is 2. The van der Waals surface area contributed by atoms with Crippen molar-refractivity contribution in [2.75, 3.05) is 18.4 Å². The van der Waals surface area contributed by atoms with Crippen LogP contribution in [0.15, 0.2) is 48.5 Å². The first-order chi connectivity index (χ1) is 14.9. The van der Waals surface area contributed by atoms with Gasteiger partial charge in [-0.3, -0.25) is 14.5 Å². The molecule has 2 aromatic carbocycles. The molecule has 0 aliphatic carbocycles. The highest BCUT2D eigenvalue weighted by Gasteiger charge is 2.48. The van der Waals surface area contributed by atoms with E-state index in [9.17, 15) is 18.8 Å². The van der Waals surface area contributed by atoms with Crippen molar-refractivity contribution in [3.8, 4) is 0 Å². The molecule has 2 aliphatic heterocycles. The Morgan fingerprint density at radius 1 is 1.13 bits per heavy atom. The molecule has 8 heteroatoms. The van der Waals surface area contributed by atoms with Crippen LogP contribution in [0.2, 0.25) is 0 Å². The molecule has 2 aromatic rings. The third-order valence-electron chi connectivity index (χ3n) is 5.56. The number of hydrogen-bond acceptors (Lipinski definition) is 4. The van der Waals surface area contributed by atoms with Gasteiger partial charge in [0.05, 0.1) is 6.54 Å². The van der Waals surface area contributed by atoms with Crippen molar-refractivity contribution in [3.63, 3.8) is 0 Å². The van der Waals surface area contributed by atoms with Gasteiger partial charge in [0, 0.05) is 25.7 Å². The molecule has 3 amide bonds. The fourth-order valence-corrected chi connectivity index (χ4v) is 4.10. The summed E-state index contributed by atoms with van der Waals surface area (Å²) in [6.45, 7) is 2.83. The molecule has 2 fully saturated rings. The standard InChI is InChI=1S/C23H24FN3O4/c1-15(28)25-19-6-4-5-17(13-19)21-20(22(29)26-11-2-3-12-26)27(23(30)31-21)14-16-7-9-18(24)10-8-16/h4-10,13,20-21H,2-3,11-12,14H2,1H3,(H,25,28). The largest absolute Gasteiger partial charge is 0.438 e. The lowest BCUT2D eigenvalue weighted by molar-refractivity contribution is -0.135. The summed E-state index contributed by atoms with van der Waals surface area (Å²) < 4.78 is 19.0. The van der Waals surface area contributed by atoms with Crippen LogP contribution in [0.3, 0.4) is 0 Å². The van der Waals surface area contributed by atoms with Crippen LogP contribution >= 0.6 is 0 Å². The number of halogens is 1. The number of ether oxygens (including phenoxy) is 1. The van der Waals surface area contributed by atoms with Gasteiger partial charge in [0.1, 0.15) is 5.82 Å². The Labute approximate surface area is 179 Å². The average molecular weight is 425 g/mol. The number of nitrogens with one attached hydrogen (secondary N) is 1. The van der Waals surface area contributed by atoms with Crippen LogP contribution in [0.25, 0.3) is 0 Å². The van der Waals surface area contributed by atoms with Gasteiger partial charge >= 0.3 is 6.09 Å². The van der Waals surface area contributed by atoms with Crippen LogP contribution in [-0.4, -0.2) is 46.8 Å². The first-order valence-corrected chi connectivity index (χ1v) is 10.3. The average Bonchev–Trinajstić information content (AvgIpc) is 3.38. The smallest absolute Gasteiger partial charge is 0.411 e. The molecule has 0 spiro atoms. The van der Waals surface area contributed by atoms with Gasteiger partial charge in [0.25, 0.3) is 0 Å². The molecule has 2 unspecified atom stereocenters. The molecule has 2 saturated heterocycles. The second-order valence-electron chi connectivity index (χ2n) is 7.84. The molecule has 162 valence electrons. The third kappa shape index (κ3) is 4.52. The molecule has 0 radical (unpaired) electrons. The van der Waals surface area contributed by atoms with Gasteiger partial charge in [-0.05, 0) is 48.2 Å². The second-order valence-corrected chi connectivity index (χ2v) is 7.84. The van der Waals surface area contributed by atoms with Crippen LogP contribution in [-0.2, 0) is 20.9 Å². The maximum Gasteiger partial charge on any atom is 0.411 e. The molecule has 31 heavy (non-hydrogen) atoms. The number of carbonyl (C=O) groups is 3. The predicted molar refractivity (Wildman–Crippen MR) is 112 cm³/mol. The van der Waals surface area contributed by atoms with Crippen molar-refractivity contribution in [2.24, 2.45) is 0 Å². The lowest BCUT2D eigenvalue weighted by Gasteiger charge is -2.28. The predicted octanol–water partition coefficient (Wildman–Crippen LogP) is 3.47. The summed E-state index contributed by atoms with van der Waals surface area (Å²) in [6.07, 6.45) is 0.438. The molecule has 0 bridgehead atoms. The molecule has 0 aromatic heterocycles. The second kappa shape index (κ2) is 8.75. The van der Waals surface area contributed by atoms with Gasteiger partial charge in [-0.1, -0.05) is 24.3 Å². The summed E-state index contributed by atoms with van der Waals surface area (Å²) in [6, 6.07) is 11.9. The van der Waals surface area contributed by atoms with E-state index in [1.54, 1.807) is 41.3 Å². The van der Waals surface area contributed by atoms with E-state index < -0.39 is 18.2 Å². The number of cyclic esters (lactones) is 1. The molecule has 2 aliphatic rings. The van der Waals surface area contributed by atoms with Crippen LogP contribution in [0.5, 0.6) is 0 Å². The number of hydrogen-bond donors (Lipinski definition) is 1. The van der Waals surface area contributed by atoms with Crippen molar-refractivity contribution in [2.45, 2.75) is 38.5 Å². The zero-order valence-electron chi connectivity index (χ0n) is 17.2. The minimum absolute atomic E-state index is 0.130. The Morgan fingerprint density at radius 2 is 1.84 bits per heavy atom. The molecule has 7 nitrogen and oxygen atoms in total. The van der Waals surface area contributed by atoms with Gasteiger partial charge in [-0.25, -0.2) is 9.18 Å². The van der Waals surface area contributed by atoms with Gasteiger partial charge < -0.3 is 15.0 Å². The summed E-state index contributed by atoms with van der Waals surface area (Å²) in [4.78, 5) is 40.8. The monoisotopic (exact) mass is 425 g/mol. The minimum Gasteiger partial charge on any atom is -0.438 e. The Balaban J connectivity index is 1.66. The fraction of sp³-hybridized carbons (Fsp3) is 0.348. The van der Waals surface area contributed by atoms with Gasteiger partial charge in [-0.15, -0.1) is 0 Å². The highest BCUT2D eigenvalue weighted by atomic mass is 19.1. The molecule has 1 N–H and O–H groups in total. The molecular weight excluding hydrogens is 401 g/mol. The van der Waals surface area contributed by atoms with Crippen LogP contribution in [0.4, 0.5) is 14.9 Å². The SMILES string of the molecule is CC(=O)Nc1cccc(C2OC(=O)N(Cc3ccc(F)cc3)C2C(=O)N2CCCC2)c1. The summed E-state index contributed by atoms with van der Waals surface area (Å²) in [5.74, 6) is -0.756. The normalized spacial score (nSPS) is 20.6. The number of amides is 3. The first kappa shape index (κ1) is 20.8. The lowest BCUT2D eigenvalue weighted by atomic mass is 9.99. The lowest BCUT2D eigenvalue weighted by Crippen LogP contribution is -2.47. The maximum absolute atomic E-state index is 13.4. The van der Waals surface area contributed by atoms with E-state index in [-0.39, 0.29) is 24.2 Å². The van der Waals surface area contributed by atoms with Crippen molar-refractivity contribution in [1.82, 2.24) is 9.80 Å². The number of anilines is 1. The van der Waals surface area contributed by atoms with Crippen LogP contribution in [0.1, 0.15) is 37.0 Å². The number of rotatable bonds is 5. The highest BCUT2D eigenvalue weighted by molar-refractivity contribution is 5.90. The quantitative estimate of drug-likeness (QED) is 0.796. The molecule has 2 heterocycles. The molecule has 4 rings (SSSR count). The van der Waals surface area contributed by atoms with E-state index in [0.29, 0.717) is 29.9 Å². The van der Waals surface area contributed by atoms with Crippen molar-refractivity contribution >= 4 is 23.6 Å². The zero-order chi connectivity index (χ0) is 22.0. The van der Waals surface area contributed by atoms with E-state index in [4.69, 9.17) is 4.74 Å². The summed E-state index contributed by atoms with van der Waals surface area (Å²) in [5, 5.41) is 2.71. The van der Waals surface area contributed by atoms with Gasteiger partial charge in [0.2, 0.25) is 11.8 Å². The van der Waals surface area contributed by atoms with Crippen LogP contribution in [0, 0.1) is 5.82 Å². The first-order valence-electron chi connectivity index (χ1n) is 10.3.